The summed E-state index contributed by atoms with van der Waals surface area (Å²) < 4.78 is 58.2. The SMILES string of the molecule is Cc1ccc(NC(=O)Nc2cc[c-]cc2)cc1NC(=O)Nc1ccc(S(=O)(=O)[O-])cc1.O=S(=O)=O.[Na+].[Na+]. The second kappa shape index (κ2) is 16.5. The largest absolute Gasteiger partial charge is 1.00 e. The van der Waals surface area contributed by atoms with Crippen LogP contribution in [0.4, 0.5) is 32.3 Å². The second-order valence-electron chi connectivity index (χ2n) is 6.66. The van der Waals surface area contributed by atoms with Gasteiger partial charge >= 0.3 is 81.8 Å². The van der Waals surface area contributed by atoms with Crippen LogP contribution in [-0.2, 0) is 20.7 Å². The molecule has 4 N–H and O–H groups in total. The quantitative estimate of drug-likeness (QED) is 0.143. The molecular formula is C21H18N4Na2O8S2. The Bertz CT molecular complexity index is 1420. The molecule has 0 saturated heterocycles. The van der Waals surface area contributed by atoms with Crippen molar-refractivity contribution in [2.24, 2.45) is 0 Å². The van der Waals surface area contributed by atoms with E-state index in [1.807, 2.05) is 0 Å². The number of anilines is 4. The molecule has 184 valence electrons. The third-order valence-corrected chi connectivity index (χ3v) is 4.97. The van der Waals surface area contributed by atoms with Gasteiger partial charge in [0.15, 0.2) is 0 Å². The fraction of sp³-hybridized carbons (Fsp3) is 0.0476. The molecule has 3 aromatic carbocycles. The standard InChI is InChI=1S/C21H19N4O5S.2Na.O3S/c1-14-7-8-17(24-20(26)22-15-5-3-2-4-6-15)13-19(14)25-21(27)23-16-9-11-18(12-10-16)31(28,29)30;;;1-4(2)3/h3-13H,1H3,(H2,22,24,26)(H2,23,25,27)(H,28,29,30);;;/q-1;2*+1;/p-1. The summed E-state index contributed by atoms with van der Waals surface area (Å²) in [6.07, 6.45) is 0. The zero-order valence-corrected chi connectivity index (χ0v) is 25.6. The van der Waals surface area contributed by atoms with Crippen LogP contribution in [0.1, 0.15) is 5.56 Å². The van der Waals surface area contributed by atoms with Gasteiger partial charge < -0.3 is 25.8 Å². The number of hydrogen-bond donors (Lipinski definition) is 4. The van der Waals surface area contributed by atoms with Crippen LogP contribution in [0.3, 0.4) is 0 Å². The predicted molar refractivity (Wildman–Crippen MR) is 126 cm³/mol. The van der Waals surface area contributed by atoms with E-state index in [2.05, 4.69) is 27.3 Å². The van der Waals surface area contributed by atoms with Gasteiger partial charge in [-0.3, -0.25) is 0 Å². The van der Waals surface area contributed by atoms with Crippen LogP contribution < -0.4 is 80.4 Å². The molecule has 4 amide bonds. The van der Waals surface area contributed by atoms with Crippen LogP contribution in [0.15, 0.2) is 71.6 Å². The van der Waals surface area contributed by atoms with Crippen LogP contribution in [0.2, 0.25) is 0 Å². The minimum atomic E-state index is -4.56. The molecule has 0 saturated carbocycles. The van der Waals surface area contributed by atoms with Crippen LogP contribution >= 0.6 is 0 Å². The third-order valence-electron chi connectivity index (χ3n) is 4.12. The summed E-state index contributed by atoms with van der Waals surface area (Å²) in [5.74, 6) is 0. The molecular weight excluding hydrogens is 546 g/mol. The van der Waals surface area contributed by atoms with Gasteiger partial charge in [0.1, 0.15) is 10.1 Å². The summed E-state index contributed by atoms with van der Waals surface area (Å²) in [5, 5.41) is 10.6. The molecule has 0 radical (unpaired) electrons. The minimum absolute atomic E-state index is 0. The summed E-state index contributed by atoms with van der Waals surface area (Å²) in [4.78, 5) is 24.0. The fourth-order valence-electron chi connectivity index (χ4n) is 2.59. The van der Waals surface area contributed by atoms with E-state index in [0.717, 1.165) is 17.7 Å². The Morgan fingerprint density at radius 3 is 1.70 bits per heavy atom. The first-order valence-electron chi connectivity index (χ1n) is 9.49. The normalized spacial score (nSPS) is 9.68. The van der Waals surface area contributed by atoms with Crippen molar-refractivity contribution in [1.29, 1.82) is 0 Å². The van der Waals surface area contributed by atoms with Gasteiger partial charge in [0, 0.05) is 17.1 Å². The first kappa shape index (κ1) is 34.7. The van der Waals surface area contributed by atoms with Crippen molar-refractivity contribution in [1.82, 2.24) is 0 Å². The molecule has 12 nitrogen and oxygen atoms in total. The topological polar surface area (TPSA) is 191 Å². The average Bonchev–Trinajstić information content (AvgIpc) is 2.76. The molecule has 0 heterocycles. The number of carbonyl (C=O) groups is 2. The third kappa shape index (κ3) is 13.2. The van der Waals surface area contributed by atoms with E-state index >= 15 is 0 Å². The van der Waals surface area contributed by atoms with Gasteiger partial charge in [0.25, 0.3) is 0 Å². The van der Waals surface area contributed by atoms with Crippen molar-refractivity contribution in [2.45, 2.75) is 11.8 Å². The zero-order valence-electron chi connectivity index (χ0n) is 19.9. The summed E-state index contributed by atoms with van der Waals surface area (Å²) in [5.41, 5.74) is 2.59. The number of urea groups is 2. The molecule has 0 atom stereocenters. The number of nitrogens with one attached hydrogen (secondary N) is 4. The van der Waals surface area contributed by atoms with E-state index in [-0.39, 0.29) is 64.0 Å². The molecule has 0 fully saturated rings. The molecule has 0 bridgehead atoms. The molecule has 37 heavy (non-hydrogen) atoms. The Labute approximate surface area is 259 Å². The van der Waals surface area contributed by atoms with Crippen LogP contribution in [0.25, 0.3) is 0 Å². The monoisotopic (exact) mass is 564 g/mol. The van der Waals surface area contributed by atoms with Crippen LogP contribution in [-0.4, -0.2) is 37.7 Å². The molecule has 0 unspecified atom stereocenters. The van der Waals surface area contributed by atoms with Gasteiger partial charge in [-0.25, -0.2) is 18.0 Å². The van der Waals surface area contributed by atoms with E-state index in [4.69, 9.17) is 12.6 Å². The number of amides is 4. The van der Waals surface area contributed by atoms with Gasteiger partial charge in [0.2, 0.25) is 0 Å². The van der Waals surface area contributed by atoms with Crippen LogP contribution in [0, 0.1) is 13.0 Å². The first-order valence-corrected chi connectivity index (χ1v) is 11.9. The smallest absolute Gasteiger partial charge is 0.744 e. The fourth-order valence-corrected chi connectivity index (χ4v) is 3.06. The first-order chi connectivity index (χ1) is 16.4. The van der Waals surface area contributed by atoms with Gasteiger partial charge in [-0.1, -0.05) is 11.8 Å². The molecule has 0 aliphatic heterocycles. The van der Waals surface area contributed by atoms with Gasteiger partial charge in [-0.05, 0) is 48.9 Å². The van der Waals surface area contributed by atoms with Gasteiger partial charge in [-0.15, -0.1) is 24.8 Å². The predicted octanol–water partition coefficient (Wildman–Crippen LogP) is -3.01. The van der Waals surface area contributed by atoms with Crippen molar-refractivity contribution in [3.05, 3.63) is 78.4 Å². The zero-order chi connectivity index (χ0) is 26.0. The maximum Gasteiger partial charge on any atom is 1.00 e. The van der Waals surface area contributed by atoms with Crippen molar-refractivity contribution in [3.63, 3.8) is 0 Å². The molecule has 0 spiro atoms. The van der Waals surface area contributed by atoms with E-state index in [9.17, 15) is 22.6 Å². The number of aryl methyl sites for hydroxylation is 1. The van der Waals surface area contributed by atoms with Gasteiger partial charge in [-0.2, -0.15) is 18.2 Å². The Morgan fingerprint density at radius 2 is 1.19 bits per heavy atom. The summed E-state index contributed by atoms with van der Waals surface area (Å²) in [6.45, 7) is 1.79. The Balaban J connectivity index is 0.00000201. The summed E-state index contributed by atoms with van der Waals surface area (Å²) >= 11 is 0. The number of carbonyl (C=O) groups excluding carboxylic acids is 2. The van der Waals surface area contributed by atoms with Crippen LogP contribution in [0.5, 0.6) is 0 Å². The summed E-state index contributed by atoms with van der Waals surface area (Å²) in [7, 11) is -7.67. The van der Waals surface area contributed by atoms with E-state index in [1.54, 1.807) is 49.4 Å². The molecule has 16 heteroatoms. The number of rotatable bonds is 5. The van der Waals surface area contributed by atoms with Crippen molar-refractivity contribution < 1.29 is 94.3 Å². The van der Waals surface area contributed by atoms with E-state index in [1.165, 1.54) is 12.1 Å². The number of hydrogen-bond acceptors (Lipinski definition) is 8. The van der Waals surface area contributed by atoms with E-state index in [0.29, 0.717) is 22.7 Å². The Morgan fingerprint density at radius 1 is 0.757 bits per heavy atom. The molecule has 3 aromatic rings. The second-order valence-corrected chi connectivity index (χ2v) is 8.45. The Kier molecular flexibility index (Phi) is 15.5. The molecule has 0 aliphatic rings. The maximum atomic E-state index is 12.3. The Hall–Kier alpha value is -2.27. The van der Waals surface area contributed by atoms with E-state index < -0.39 is 32.8 Å². The minimum Gasteiger partial charge on any atom is -0.744 e. The van der Waals surface area contributed by atoms with Gasteiger partial charge in [0.05, 0.1) is 4.90 Å². The molecule has 3 rings (SSSR count). The molecule has 0 aromatic heterocycles. The average molecular weight is 565 g/mol. The van der Waals surface area contributed by atoms with Crippen molar-refractivity contribution >= 4 is 55.5 Å². The molecule has 0 aliphatic carbocycles. The maximum absolute atomic E-state index is 12.3. The summed E-state index contributed by atoms with van der Waals surface area (Å²) in [6, 6.07) is 18.4. The number of benzene rings is 3. The van der Waals surface area contributed by atoms with Crippen molar-refractivity contribution in [3.8, 4) is 0 Å². The van der Waals surface area contributed by atoms with Crippen molar-refractivity contribution in [2.75, 3.05) is 21.3 Å².